The molecule has 1 aromatic rings. The first kappa shape index (κ1) is 13.3. The molecular weight excluding hydrogens is 253 g/mol. The Balaban J connectivity index is 1.87. The average Bonchev–Trinajstić information content (AvgIpc) is 3.16. The number of hydrogen-bond donors (Lipinski definition) is 2. The first-order valence-electron chi connectivity index (χ1n) is 5.86. The molecule has 0 bridgehead atoms. The van der Waals surface area contributed by atoms with Crippen molar-refractivity contribution in [3.63, 3.8) is 0 Å². The molecule has 5 nitrogen and oxygen atoms in total. The molecule has 0 saturated heterocycles. The second-order valence-electron chi connectivity index (χ2n) is 4.47. The first-order valence-corrected chi connectivity index (χ1v) is 5.86. The van der Waals surface area contributed by atoms with E-state index in [9.17, 15) is 14.0 Å². The Labute approximate surface area is 109 Å². The summed E-state index contributed by atoms with van der Waals surface area (Å²) < 4.78 is 18.2. The van der Waals surface area contributed by atoms with Crippen LogP contribution in [0.4, 0.5) is 4.39 Å². The molecule has 0 heterocycles. The molecule has 0 aliphatic heterocycles. The van der Waals surface area contributed by atoms with E-state index in [1.807, 2.05) is 0 Å². The summed E-state index contributed by atoms with van der Waals surface area (Å²) in [6.07, 6.45) is 0.373. The number of ether oxygens (including phenoxy) is 1. The molecule has 1 saturated carbocycles. The standard InChI is InChI=1S/C13H14FNO4/c1-19-11-3-2-7(4-10(11)14)6-15-12(16)8-5-9(8)13(17)18/h2-4,8-9H,5-6H2,1H3,(H,15,16)(H,17,18)/t8-,9+/m0/s1. The minimum atomic E-state index is -0.948. The van der Waals surface area contributed by atoms with Gasteiger partial charge in [-0.1, -0.05) is 6.07 Å². The minimum absolute atomic E-state index is 0.142. The van der Waals surface area contributed by atoms with Crippen LogP contribution in [0.15, 0.2) is 18.2 Å². The first-order chi connectivity index (χ1) is 9.02. The molecule has 1 amide bonds. The van der Waals surface area contributed by atoms with E-state index in [4.69, 9.17) is 9.84 Å². The van der Waals surface area contributed by atoms with Gasteiger partial charge in [-0.2, -0.15) is 0 Å². The van der Waals surface area contributed by atoms with E-state index in [1.54, 1.807) is 6.07 Å². The molecule has 0 aromatic heterocycles. The van der Waals surface area contributed by atoms with Crippen LogP contribution >= 0.6 is 0 Å². The summed E-state index contributed by atoms with van der Waals surface area (Å²) in [5.41, 5.74) is 0.596. The molecule has 6 heteroatoms. The van der Waals surface area contributed by atoms with Crippen molar-refractivity contribution in [2.45, 2.75) is 13.0 Å². The molecule has 1 fully saturated rings. The Kier molecular flexibility index (Phi) is 3.69. The highest BCUT2D eigenvalue weighted by atomic mass is 19.1. The zero-order chi connectivity index (χ0) is 14.0. The van der Waals surface area contributed by atoms with Crippen LogP contribution in [-0.2, 0) is 16.1 Å². The van der Waals surface area contributed by atoms with Gasteiger partial charge in [0.2, 0.25) is 5.91 Å². The van der Waals surface area contributed by atoms with Crippen molar-refractivity contribution in [1.82, 2.24) is 5.32 Å². The lowest BCUT2D eigenvalue weighted by molar-refractivity contribution is -0.140. The molecule has 0 unspecified atom stereocenters. The summed E-state index contributed by atoms with van der Waals surface area (Å²) in [6.45, 7) is 0.169. The highest BCUT2D eigenvalue weighted by Gasteiger charge is 2.48. The van der Waals surface area contributed by atoms with Gasteiger partial charge in [-0.25, -0.2) is 4.39 Å². The van der Waals surface area contributed by atoms with Crippen LogP contribution in [-0.4, -0.2) is 24.1 Å². The topological polar surface area (TPSA) is 75.6 Å². The van der Waals surface area contributed by atoms with Gasteiger partial charge in [0.25, 0.3) is 0 Å². The lowest BCUT2D eigenvalue weighted by Gasteiger charge is -2.07. The van der Waals surface area contributed by atoms with Gasteiger partial charge >= 0.3 is 5.97 Å². The molecule has 0 spiro atoms. The van der Waals surface area contributed by atoms with Crippen molar-refractivity contribution in [3.05, 3.63) is 29.6 Å². The Bertz CT molecular complexity index is 517. The van der Waals surface area contributed by atoms with Gasteiger partial charge < -0.3 is 15.2 Å². The number of rotatable bonds is 5. The summed E-state index contributed by atoms with van der Waals surface area (Å²) in [5.74, 6) is -2.64. The minimum Gasteiger partial charge on any atom is -0.494 e. The molecule has 2 rings (SSSR count). The monoisotopic (exact) mass is 267 g/mol. The van der Waals surface area contributed by atoms with Crippen molar-refractivity contribution in [3.8, 4) is 5.75 Å². The fraction of sp³-hybridized carbons (Fsp3) is 0.385. The number of carbonyl (C=O) groups is 2. The Morgan fingerprint density at radius 3 is 2.74 bits per heavy atom. The average molecular weight is 267 g/mol. The third kappa shape index (κ3) is 3.01. The molecule has 102 valence electrons. The summed E-state index contributed by atoms with van der Waals surface area (Å²) in [5, 5.41) is 11.3. The van der Waals surface area contributed by atoms with E-state index >= 15 is 0 Å². The number of amides is 1. The number of carbonyl (C=O) groups excluding carboxylic acids is 1. The van der Waals surface area contributed by atoms with Gasteiger partial charge in [0.1, 0.15) is 0 Å². The van der Waals surface area contributed by atoms with E-state index in [0.29, 0.717) is 12.0 Å². The zero-order valence-electron chi connectivity index (χ0n) is 10.4. The Hall–Kier alpha value is -2.11. The second-order valence-corrected chi connectivity index (χ2v) is 4.47. The molecule has 1 aliphatic rings. The number of hydrogen-bond acceptors (Lipinski definition) is 3. The number of halogens is 1. The SMILES string of the molecule is COc1ccc(CNC(=O)[C@H]2C[C@H]2C(=O)O)cc1F. The molecule has 1 aromatic carbocycles. The van der Waals surface area contributed by atoms with Gasteiger partial charge in [0, 0.05) is 6.54 Å². The smallest absolute Gasteiger partial charge is 0.307 e. The van der Waals surface area contributed by atoms with Crippen LogP contribution in [0.5, 0.6) is 5.75 Å². The molecule has 1 aliphatic carbocycles. The van der Waals surface area contributed by atoms with Gasteiger partial charge in [0.05, 0.1) is 18.9 Å². The fourth-order valence-corrected chi connectivity index (χ4v) is 1.90. The number of benzene rings is 1. The lowest BCUT2D eigenvalue weighted by Crippen LogP contribution is -2.25. The van der Waals surface area contributed by atoms with Crippen molar-refractivity contribution in [2.24, 2.45) is 11.8 Å². The van der Waals surface area contributed by atoms with Crippen molar-refractivity contribution >= 4 is 11.9 Å². The molecule has 19 heavy (non-hydrogen) atoms. The van der Waals surface area contributed by atoms with Crippen molar-refractivity contribution < 1.29 is 23.8 Å². The number of carboxylic acid groups (broad SMARTS) is 1. The quantitative estimate of drug-likeness (QED) is 0.839. The Morgan fingerprint density at radius 2 is 2.21 bits per heavy atom. The van der Waals surface area contributed by atoms with Crippen LogP contribution in [0.2, 0.25) is 0 Å². The van der Waals surface area contributed by atoms with E-state index in [0.717, 1.165) is 0 Å². The predicted octanol–water partition coefficient (Wildman–Crippen LogP) is 1.17. The summed E-state index contributed by atoms with van der Waals surface area (Å²) >= 11 is 0. The summed E-state index contributed by atoms with van der Waals surface area (Å²) in [7, 11) is 1.37. The van der Waals surface area contributed by atoms with Gasteiger partial charge in [0.15, 0.2) is 11.6 Å². The third-order valence-corrected chi connectivity index (χ3v) is 3.13. The third-order valence-electron chi connectivity index (χ3n) is 3.13. The van der Waals surface area contributed by atoms with Crippen LogP contribution in [0.25, 0.3) is 0 Å². The summed E-state index contributed by atoms with van der Waals surface area (Å²) in [6, 6.07) is 4.40. The number of methoxy groups -OCH3 is 1. The van der Waals surface area contributed by atoms with E-state index in [1.165, 1.54) is 19.2 Å². The number of aliphatic carboxylic acids is 1. The molecular formula is C13H14FNO4. The van der Waals surface area contributed by atoms with Crippen LogP contribution in [0, 0.1) is 17.7 Å². The van der Waals surface area contributed by atoms with E-state index in [2.05, 4.69) is 5.32 Å². The van der Waals surface area contributed by atoms with Crippen LogP contribution < -0.4 is 10.1 Å². The van der Waals surface area contributed by atoms with Crippen molar-refractivity contribution in [1.29, 1.82) is 0 Å². The maximum Gasteiger partial charge on any atom is 0.307 e. The van der Waals surface area contributed by atoms with Crippen LogP contribution in [0.3, 0.4) is 0 Å². The fourth-order valence-electron chi connectivity index (χ4n) is 1.90. The number of nitrogens with one attached hydrogen (secondary N) is 1. The van der Waals surface area contributed by atoms with Gasteiger partial charge in [-0.15, -0.1) is 0 Å². The summed E-state index contributed by atoms with van der Waals surface area (Å²) in [4.78, 5) is 22.2. The van der Waals surface area contributed by atoms with Crippen molar-refractivity contribution in [2.75, 3.05) is 7.11 Å². The largest absolute Gasteiger partial charge is 0.494 e. The molecule has 0 radical (unpaired) electrons. The predicted molar refractivity (Wildman–Crippen MR) is 64.0 cm³/mol. The van der Waals surface area contributed by atoms with Gasteiger partial charge in [-0.3, -0.25) is 9.59 Å². The Morgan fingerprint density at radius 1 is 1.47 bits per heavy atom. The van der Waals surface area contributed by atoms with Gasteiger partial charge in [-0.05, 0) is 24.1 Å². The zero-order valence-corrected chi connectivity index (χ0v) is 10.4. The highest BCUT2D eigenvalue weighted by Crippen LogP contribution is 2.38. The molecule has 2 atom stereocenters. The maximum atomic E-state index is 13.4. The molecule has 2 N–H and O–H groups in total. The normalized spacial score (nSPS) is 20.7. The number of carboxylic acids is 1. The second kappa shape index (κ2) is 5.26. The lowest BCUT2D eigenvalue weighted by atomic mass is 10.2. The highest BCUT2D eigenvalue weighted by molar-refractivity contribution is 5.89. The maximum absolute atomic E-state index is 13.4. The van der Waals surface area contributed by atoms with E-state index in [-0.39, 0.29) is 18.2 Å². The van der Waals surface area contributed by atoms with E-state index < -0.39 is 23.6 Å². The van der Waals surface area contributed by atoms with Crippen LogP contribution in [0.1, 0.15) is 12.0 Å².